The molecule has 14 heteroatoms. The van der Waals surface area contributed by atoms with Gasteiger partial charge in [-0.25, -0.2) is 0 Å². The van der Waals surface area contributed by atoms with Gasteiger partial charge in [0.1, 0.15) is 42.8 Å². The number of carbonyl (C=O) groups excluding carboxylic acids is 1. The van der Waals surface area contributed by atoms with Gasteiger partial charge in [0.25, 0.3) is 7.82 Å². The quantitative estimate of drug-likeness (QED) is 0.0526. The molecule has 0 aliphatic carbocycles. The van der Waals surface area contributed by atoms with E-state index in [2.05, 4.69) is 19.7 Å². The summed E-state index contributed by atoms with van der Waals surface area (Å²) in [6.45, 7) is -0.490. The van der Waals surface area contributed by atoms with Crippen LogP contribution in [-0.2, 0) is 9.09 Å². The van der Waals surface area contributed by atoms with E-state index >= 15 is 0 Å². The fraction of sp³-hybridized carbons (Fsp3) is 0.185. The Labute approximate surface area is 233 Å². The SMILES string of the molecule is O=Nc1ccc(OCC([O-])=NCCOc2ccc(C(=O)c3ccc(OCCOP(=O)([O-])O)cc3)cc2)c2cc[nH]c12. The molecule has 3 aromatic carbocycles. The van der Waals surface area contributed by atoms with Crippen LogP contribution in [0.4, 0.5) is 5.69 Å². The van der Waals surface area contributed by atoms with E-state index < -0.39 is 13.7 Å². The molecule has 0 fully saturated rings. The number of benzene rings is 3. The molecule has 1 heterocycles. The molecular weight excluding hydrogens is 557 g/mol. The number of fused-ring (bicyclic) bond motifs is 1. The highest BCUT2D eigenvalue weighted by atomic mass is 31.2. The van der Waals surface area contributed by atoms with Crippen LogP contribution in [0.2, 0.25) is 0 Å². The zero-order valence-corrected chi connectivity index (χ0v) is 22.3. The maximum atomic E-state index is 12.7. The Morgan fingerprint density at radius 3 is 2.12 bits per heavy atom. The Morgan fingerprint density at radius 1 is 0.878 bits per heavy atom. The topological polar surface area (TPSA) is 195 Å². The molecule has 1 unspecified atom stereocenters. The second-order valence-electron chi connectivity index (χ2n) is 8.38. The van der Waals surface area contributed by atoms with Crippen LogP contribution in [0.15, 0.2) is 83.1 Å². The maximum Gasteiger partial charge on any atom is 0.265 e. The number of hydrogen-bond acceptors (Lipinski definition) is 11. The van der Waals surface area contributed by atoms with Crippen molar-refractivity contribution in [2.75, 3.05) is 33.0 Å². The van der Waals surface area contributed by atoms with Gasteiger partial charge in [-0.15, -0.1) is 4.91 Å². The third-order valence-electron chi connectivity index (χ3n) is 5.60. The largest absolute Gasteiger partial charge is 0.860 e. The molecule has 41 heavy (non-hydrogen) atoms. The summed E-state index contributed by atoms with van der Waals surface area (Å²) in [7, 11) is -4.79. The number of aromatic amines is 1. The Morgan fingerprint density at radius 2 is 1.51 bits per heavy atom. The smallest absolute Gasteiger partial charge is 0.265 e. The summed E-state index contributed by atoms with van der Waals surface area (Å²) >= 11 is 0. The summed E-state index contributed by atoms with van der Waals surface area (Å²) < 4.78 is 31.2. The van der Waals surface area contributed by atoms with Gasteiger partial charge in [0.15, 0.2) is 5.78 Å². The lowest BCUT2D eigenvalue weighted by atomic mass is 10.0. The van der Waals surface area contributed by atoms with Crippen molar-refractivity contribution in [1.29, 1.82) is 0 Å². The normalized spacial score (nSPS) is 13.0. The molecule has 214 valence electrons. The van der Waals surface area contributed by atoms with Crippen LogP contribution in [0.1, 0.15) is 15.9 Å². The van der Waals surface area contributed by atoms with Gasteiger partial charge in [-0.1, -0.05) is 0 Å². The molecule has 1 atom stereocenters. The molecule has 0 aliphatic rings. The molecule has 2 N–H and O–H groups in total. The first-order valence-corrected chi connectivity index (χ1v) is 13.7. The second kappa shape index (κ2) is 13.7. The van der Waals surface area contributed by atoms with Crippen molar-refractivity contribution in [2.45, 2.75) is 0 Å². The number of aliphatic imine (C=N–C) groups is 1. The van der Waals surface area contributed by atoms with Gasteiger partial charge in [-0.3, -0.25) is 14.4 Å². The van der Waals surface area contributed by atoms with Crippen molar-refractivity contribution in [3.05, 3.63) is 89.0 Å². The number of hydrogen-bond donors (Lipinski definition) is 2. The zero-order valence-electron chi connectivity index (χ0n) is 21.4. The highest BCUT2D eigenvalue weighted by molar-refractivity contribution is 7.44. The van der Waals surface area contributed by atoms with E-state index in [-0.39, 0.29) is 44.4 Å². The number of carbonyl (C=O) groups is 1. The van der Waals surface area contributed by atoms with Crippen LogP contribution in [0.25, 0.3) is 10.9 Å². The van der Waals surface area contributed by atoms with Crippen LogP contribution in [0.3, 0.4) is 0 Å². The van der Waals surface area contributed by atoms with Gasteiger partial charge >= 0.3 is 0 Å². The van der Waals surface area contributed by atoms with E-state index in [1.54, 1.807) is 66.9 Å². The van der Waals surface area contributed by atoms with E-state index in [0.717, 1.165) is 0 Å². The van der Waals surface area contributed by atoms with Crippen LogP contribution in [0, 0.1) is 4.91 Å². The highest BCUT2D eigenvalue weighted by Crippen LogP contribution is 2.32. The molecule has 0 saturated carbocycles. The highest BCUT2D eigenvalue weighted by Gasteiger charge is 2.11. The van der Waals surface area contributed by atoms with Gasteiger partial charge in [0.05, 0.1) is 18.7 Å². The summed E-state index contributed by atoms with van der Waals surface area (Å²) in [4.78, 5) is 49.5. The van der Waals surface area contributed by atoms with Gasteiger partial charge in [-0.2, -0.15) is 0 Å². The molecule has 0 saturated heterocycles. The van der Waals surface area contributed by atoms with E-state index in [0.29, 0.717) is 39.3 Å². The lowest BCUT2D eigenvalue weighted by Gasteiger charge is -2.15. The van der Waals surface area contributed by atoms with Gasteiger partial charge in [0.2, 0.25) is 0 Å². The standard InChI is InChI=1S/C27H26N3O10P/c31-25(17-39-24-10-9-23(30-33)26-22(24)11-12-29-26)28-13-14-37-20-5-1-18(2-6-20)27(32)19-3-7-21(8-4-19)38-15-16-40-41(34,35)36/h1-12,29H,13-17H2,(H,28,31)(H2,34,35,36)/p-2. The summed E-state index contributed by atoms with van der Waals surface area (Å²) in [5.41, 5.74) is 1.61. The van der Waals surface area contributed by atoms with E-state index in [1.807, 2.05) is 0 Å². The number of ketones is 1. The Balaban J connectivity index is 1.20. The van der Waals surface area contributed by atoms with Crippen molar-refractivity contribution in [1.82, 2.24) is 4.98 Å². The monoisotopic (exact) mass is 581 g/mol. The van der Waals surface area contributed by atoms with Crippen molar-refractivity contribution >= 4 is 36.1 Å². The van der Waals surface area contributed by atoms with Crippen molar-refractivity contribution < 1.29 is 43.0 Å². The molecule has 13 nitrogen and oxygen atoms in total. The predicted octanol–water partition coefficient (Wildman–Crippen LogP) is 2.87. The first-order chi connectivity index (χ1) is 19.7. The molecule has 0 bridgehead atoms. The number of nitrogens with one attached hydrogen (secondary N) is 1. The van der Waals surface area contributed by atoms with Crippen LogP contribution in [0.5, 0.6) is 17.2 Å². The predicted molar refractivity (Wildman–Crippen MR) is 145 cm³/mol. The minimum absolute atomic E-state index is 0.104. The third-order valence-corrected chi connectivity index (χ3v) is 6.11. The number of phosphoric ester groups is 1. The molecular formula is C27H24N3O10P-2. The Kier molecular flexibility index (Phi) is 9.82. The van der Waals surface area contributed by atoms with Crippen molar-refractivity contribution in [3.63, 3.8) is 0 Å². The molecule has 0 amide bonds. The molecule has 0 radical (unpaired) electrons. The number of nitroso groups, excluding NO2 is 1. The van der Waals surface area contributed by atoms with Crippen LogP contribution >= 0.6 is 7.82 Å². The first kappa shape index (κ1) is 29.4. The number of phosphoric acid groups is 1. The Bertz CT molecular complexity index is 1560. The summed E-state index contributed by atoms with van der Waals surface area (Å²) in [5, 5.41) is 15.7. The van der Waals surface area contributed by atoms with Gasteiger partial charge in [-0.05, 0) is 77.8 Å². The van der Waals surface area contributed by atoms with Gasteiger partial charge < -0.3 is 38.6 Å². The maximum absolute atomic E-state index is 12.7. The molecule has 0 aliphatic heterocycles. The first-order valence-electron chi connectivity index (χ1n) is 12.2. The Hall–Kier alpha value is -4.55. The number of ether oxygens (including phenoxy) is 3. The lowest BCUT2D eigenvalue weighted by molar-refractivity contribution is -0.221. The minimum atomic E-state index is -4.79. The second-order valence-corrected chi connectivity index (χ2v) is 9.58. The molecule has 4 rings (SSSR count). The molecule has 4 aromatic rings. The minimum Gasteiger partial charge on any atom is -0.860 e. The number of H-pyrrole nitrogens is 1. The summed E-state index contributed by atoms with van der Waals surface area (Å²) in [6.07, 6.45) is 1.64. The van der Waals surface area contributed by atoms with Crippen molar-refractivity contribution in [2.24, 2.45) is 10.2 Å². The third kappa shape index (κ3) is 8.47. The van der Waals surface area contributed by atoms with Crippen molar-refractivity contribution in [3.8, 4) is 17.2 Å². The van der Waals surface area contributed by atoms with Gasteiger partial charge in [0, 0.05) is 22.7 Å². The van der Waals surface area contributed by atoms with Crippen LogP contribution in [-0.4, -0.2) is 54.5 Å². The zero-order chi connectivity index (χ0) is 29.2. The van der Waals surface area contributed by atoms with E-state index in [1.165, 1.54) is 6.07 Å². The van der Waals surface area contributed by atoms with Crippen LogP contribution < -0.4 is 24.2 Å². The summed E-state index contributed by atoms with van der Waals surface area (Å²) in [5.74, 6) is 0.617. The lowest BCUT2D eigenvalue weighted by Crippen LogP contribution is -2.26. The van der Waals surface area contributed by atoms with E-state index in [4.69, 9.17) is 19.1 Å². The number of nitrogens with zero attached hydrogens (tertiary/aromatic N) is 2. The molecule has 0 spiro atoms. The average molecular weight is 581 g/mol. The molecule has 1 aromatic heterocycles. The number of aromatic nitrogens is 1. The fourth-order valence-electron chi connectivity index (χ4n) is 3.72. The van der Waals surface area contributed by atoms with E-state index in [9.17, 15) is 24.3 Å². The number of rotatable bonds is 15. The fourth-order valence-corrected chi connectivity index (χ4v) is 4.02. The summed E-state index contributed by atoms with van der Waals surface area (Å²) in [6, 6.07) is 17.5. The average Bonchev–Trinajstić information content (AvgIpc) is 3.47.